The Morgan fingerprint density at radius 3 is 2.38 bits per heavy atom. The number of ether oxygens (including phenoxy) is 3. The minimum atomic E-state index is 0.0626. The molecule has 3 nitrogen and oxygen atoms in total. The quantitative estimate of drug-likeness (QED) is 0.660. The van der Waals surface area contributed by atoms with E-state index in [1.165, 1.54) is 18.4 Å². The van der Waals surface area contributed by atoms with Gasteiger partial charge in [0.2, 0.25) is 0 Å². The van der Waals surface area contributed by atoms with Crippen LogP contribution in [0, 0.1) is 0 Å². The molecular formula is C18H28O3. The molecule has 1 aliphatic heterocycles. The summed E-state index contributed by atoms with van der Waals surface area (Å²) in [6.07, 6.45) is 6.12. The van der Waals surface area contributed by atoms with E-state index in [0.29, 0.717) is 13.2 Å². The lowest BCUT2D eigenvalue weighted by molar-refractivity contribution is -0.137. The van der Waals surface area contributed by atoms with Gasteiger partial charge in [0.05, 0.1) is 25.9 Å². The van der Waals surface area contributed by atoms with E-state index < -0.39 is 0 Å². The van der Waals surface area contributed by atoms with Crippen molar-refractivity contribution in [3.63, 3.8) is 0 Å². The highest BCUT2D eigenvalue weighted by Gasteiger charge is 2.23. The molecule has 21 heavy (non-hydrogen) atoms. The van der Waals surface area contributed by atoms with Gasteiger partial charge in [0.15, 0.2) is 0 Å². The standard InChI is InChI=1S/C18H28O3/c1-3-5-7-17-13-21-18(14-20-17)15-8-10-16(11-9-15)19-12-6-4-2/h8-11,17-18H,3-7,12-14H2,1-2H3/t17-,18-/m1/s1. The van der Waals surface area contributed by atoms with E-state index in [2.05, 4.69) is 26.0 Å². The Hall–Kier alpha value is -1.06. The molecule has 118 valence electrons. The van der Waals surface area contributed by atoms with Gasteiger partial charge in [-0.15, -0.1) is 0 Å². The fraction of sp³-hybridized carbons (Fsp3) is 0.667. The van der Waals surface area contributed by atoms with Crippen molar-refractivity contribution in [2.75, 3.05) is 19.8 Å². The Bertz CT molecular complexity index is 380. The van der Waals surface area contributed by atoms with Gasteiger partial charge in [0.1, 0.15) is 11.9 Å². The minimum absolute atomic E-state index is 0.0626. The van der Waals surface area contributed by atoms with E-state index in [0.717, 1.165) is 31.6 Å². The van der Waals surface area contributed by atoms with Crippen LogP contribution in [0.25, 0.3) is 0 Å². The van der Waals surface area contributed by atoms with Gasteiger partial charge in [-0.1, -0.05) is 45.2 Å². The molecule has 3 heteroatoms. The summed E-state index contributed by atoms with van der Waals surface area (Å²) < 4.78 is 17.5. The Morgan fingerprint density at radius 2 is 1.76 bits per heavy atom. The summed E-state index contributed by atoms with van der Waals surface area (Å²) in [5.74, 6) is 0.935. The number of benzene rings is 1. The Morgan fingerprint density at radius 1 is 1.00 bits per heavy atom. The first-order valence-electron chi connectivity index (χ1n) is 8.29. The van der Waals surface area contributed by atoms with Crippen molar-refractivity contribution in [2.24, 2.45) is 0 Å². The first-order valence-corrected chi connectivity index (χ1v) is 8.29. The summed E-state index contributed by atoms with van der Waals surface area (Å²) in [7, 11) is 0. The number of hydrogen-bond acceptors (Lipinski definition) is 3. The van der Waals surface area contributed by atoms with Crippen LogP contribution < -0.4 is 4.74 Å². The molecule has 1 heterocycles. The van der Waals surface area contributed by atoms with Crippen LogP contribution in [-0.2, 0) is 9.47 Å². The van der Waals surface area contributed by atoms with Crippen molar-refractivity contribution in [3.8, 4) is 5.75 Å². The summed E-state index contributed by atoms with van der Waals surface area (Å²) in [5, 5.41) is 0. The molecule has 1 aromatic rings. The molecule has 0 aromatic heterocycles. The summed E-state index contributed by atoms with van der Waals surface area (Å²) >= 11 is 0. The second-order valence-electron chi connectivity index (χ2n) is 5.69. The number of unbranched alkanes of at least 4 members (excludes halogenated alkanes) is 2. The van der Waals surface area contributed by atoms with Crippen molar-refractivity contribution in [1.82, 2.24) is 0 Å². The lowest BCUT2D eigenvalue weighted by Crippen LogP contribution is -2.31. The fourth-order valence-electron chi connectivity index (χ4n) is 2.45. The molecule has 0 unspecified atom stereocenters. The molecule has 0 bridgehead atoms. The first-order chi connectivity index (χ1) is 10.3. The van der Waals surface area contributed by atoms with E-state index in [4.69, 9.17) is 14.2 Å². The second-order valence-corrected chi connectivity index (χ2v) is 5.69. The van der Waals surface area contributed by atoms with Crippen molar-refractivity contribution < 1.29 is 14.2 Å². The summed E-state index contributed by atoms with van der Waals surface area (Å²) in [6.45, 7) is 6.53. The Balaban J connectivity index is 1.78. The lowest BCUT2D eigenvalue weighted by Gasteiger charge is -2.29. The molecular weight excluding hydrogens is 264 g/mol. The molecule has 0 radical (unpaired) electrons. The van der Waals surface area contributed by atoms with E-state index in [-0.39, 0.29) is 12.2 Å². The molecule has 1 saturated heterocycles. The number of rotatable bonds is 8. The zero-order valence-corrected chi connectivity index (χ0v) is 13.3. The smallest absolute Gasteiger partial charge is 0.119 e. The highest BCUT2D eigenvalue weighted by Crippen LogP contribution is 2.26. The molecule has 2 rings (SSSR count). The van der Waals surface area contributed by atoms with Gasteiger partial charge < -0.3 is 14.2 Å². The molecule has 0 saturated carbocycles. The Labute approximate surface area is 128 Å². The van der Waals surface area contributed by atoms with Crippen LogP contribution in [0.15, 0.2) is 24.3 Å². The topological polar surface area (TPSA) is 27.7 Å². The molecule has 0 spiro atoms. The molecule has 0 N–H and O–H groups in total. The molecule has 1 aliphatic rings. The maximum atomic E-state index is 5.95. The van der Waals surface area contributed by atoms with Crippen LogP contribution in [0.1, 0.15) is 57.6 Å². The van der Waals surface area contributed by atoms with Crippen molar-refractivity contribution in [1.29, 1.82) is 0 Å². The summed E-state index contributed by atoms with van der Waals surface area (Å²) in [5.41, 5.74) is 1.17. The van der Waals surface area contributed by atoms with Crippen LogP contribution in [0.4, 0.5) is 0 Å². The fourth-order valence-corrected chi connectivity index (χ4v) is 2.45. The third-order valence-electron chi connectivity index (χ3n) is 3.86. The van der Waals surface area contributed by atoms with E-state index in [9.17, 15) is 0 Å². The highest BCUT2D eigenvalue weighted by atomic mass is 16.6. The third-order valence-corrected chi connectivity index (χ3v) is 3.86. The largest absolute Gasteiger partial charge is 0.494 e. The third kappa shape index (κ3) is 5.33. The minimum Gasteiger partial charge on any atom is -0.494 e. The van der Waals surface area contributed by atoms with Gasteiger partial charge in [-0.2, -0.15) is 0 Å². The molecule has 1 fully saturated rings. The summed E-state index contributed by atoms with van der Waals surface area (Å²) in [6, 6.07) is 8.22. The molecule has 0 aliphatic carbocycles. The van der Waals surface area contributed by atoms with Crippen LogP contribution in [0.5, 0.6) is 5.75 Å². The average molecular weight is 292 g/mol. The summed E-state index contributed by atoms with van der Waals surface area (Å²) in [4.78, 5) is 0. The van der Waals surface area contributed by atoms with Crippen LogP contribution >= 0.6 is 0 Å². The first kappa shape index (κ1) is 16.3. The predicted octanol–water partition coefficient (Wildman–Crippen LogP) is 4.51. The monoisotopic (exact) mass is 292 g/mol. The van der Waals surface area contributed by atoms with E-state index >= 15 is 0 Å². The molecule has 1 aromatic carbocycles. The zero-order chi connectivity index (χ0) is 14.9. The highest BCUT2D eigenvalue weighted by molar-refractivity contribution is 5.28. The van der Waals surface area contributed by atoms with Gasteiger partial charge in [-0.3, -0.25) is 0 Å². The Kier molecular flexibility index (Phi) is 7.04. The molecule has 2 atom stereocenters. The van der Waals surface area contributed by atoms with Crippen LogP contribution in [0.2, 0.25) is 0 Å². The second kappa shape index (κ2) is 9.06. The normalized spacial score (nSPS) is 22.2. The lowest BCUT2D eigenvalue weighted by atomic mass is 10.1. The van der Waals surface area contributed by atoms with Crippen molar-refractivity contribution >= 4 is 0 Å². The SMILES string of the molecule is CCCCOc1ccc([C@H]2CO[C@H](CCCC)CO2)cc1. The van der Waals surface area contributed by atoms with E-state index in [1.807, 2.05) is 12.1 Å². The van der Waals surface area contributed by atoms with Gasteiger partial charge in [0, 0.05) is 0 Å². The molecule has 0 amide bonds. The number of hydrogen-bond donors (Lipinski definition) is 0. The maximum absolute atomic E-state index is 5.95. The maximum Gasteiger partial charge on any atom is 0.119 e. The van der Waals surface area contributed by atoms with Crippen molar-refractivity contribution in [3.05, 3.63) is 29.8 Å². The van der Waals surface area contributed by atoms with Gasteiger partial charge in [-0.25, -0.2) is 0 Å². The predicted molar refractivity (Wildman–Crippen MR) is 84.8 cm³/mol. The zero-order valence-electron chi connectivity index (χ0n) is 13.3. The van der Waals surface area contributed by atoms with Gasteiger partial charge in [0.25, 0.3) is 0 Å². The van der Waals surface area contributed by atoms with Crippen molar-refractivity contribution in [2.45, 2.75) is 58.2 Å². The van der Waals surface area contributed by atoms with Crippen LogP contribution in [-0.4, -0.2) is 25.9 Å². The van der Waals surface area contributed by atoms with E-state index in [1.54, 1.807) is 0 Å². The van der Waals surface area contributed by atoms with Crippen LogP contribution in [0.3, 0.4) is 0 Å². The average Bonchev–Trinajstić information content (AvgIpc) is 2.54. The van der Waals surface area contributed by atoms with Gasteiger partial charge in [-0.05, 0) is 30.5 Å². The van der Waals surface area contributed by atoms with Gasteiger partial charge >= 0.3 is 0 Å².